The van der Waals surface area contributed by atoms with Crippen molar-refractivity contribution in [1.82, 2.24) is 0 Å². The summed E-state index contributed by atoms with van der Waals surface area (Å²) >= 11 is 0. The van der Waals surface area contributed by atoms with E-state index in [-0.39, 0.29) is 5.60 Å². The molecule has 1 atom stereocenters. The van der Waals surface area contributed by atoms with Crippen LogP contribution in [0.4, 0.5) is 0 Å². The molecule has 1 aromatic carbocycles. The largest absolute Gasteiger partial charge is 0.490 e. The van der Waals surface area contributed by atoms with Crippen LogP contribution in [0.3, 0.4) is 0 Å². The molecule has 170 valence electrons. The summed E-state index contributed by atoms with van der Waals surface area (Å²) in [5.74, 6) is 1.04. The van der Waals surface area contributed by atoms with Crippen molar-refractivity contribution in [3.8, 4) is 5.75 Å². The molecule has 0 aromatic heterocycles. The molecule has 2 rings (SSSR count). The highest BCUT2D eigenvalue weighted by Crippen LogP contribution is 2.28. The molecule has 0 spiro atoms. The SMILES string of the molecule is CCCCCCCCCCC/C=C/CCCCCc1ccccc1OCC1(C)CO1. The van der Waals surface area contributed by atoms with Crippen molar-refractivity contribution < 1.29 is 9.47 Å². The second-order valence-corrected chi connectivity index (χ2v) is 9.32. The predicted molar refractivity (Wildman–Crippen MR) is 129 cm³/mol. The van der Waals surface area contributed by atoms with E-state index in [1.807, 2.05) is 0 Å². The topological polar surface area (TPSA) is 21.8 Å². The zero-order chi connectivity index (χ0) is 21.3. The van der Waals surface area contributed by atoms with Crippen molar-refractivity contribution in [1.29, 1.82) is 0 Å². The molecule has 30 heavy (non-hydrogen) atoms. The zero-order valence-electron chi connectivity index (χ0n) is 19.8. The Labute approximate surface area is 186 Å². The van der Waals surface area contributed by atoms with Gasteiger partial charge in [-0.25, -0.2) is 0 Å². The van der Waals surface area contributed by atoms with E-state index in [1.54, 1.807) is 0 Å². The summed E-state index contributed by atoms with van der Waals surface area (Å²) in [6.07, 6.45) is 25.0. The third-order valence-electron chi connectivity index (χ3n) is 6.10. The van der Waals surface area contributed by atoms with Crippen LogP contribution >= 0.6 is 0 Å². The highest BCUT2D eigenvalue weighted by molar-refractivity contribution is 5.33. The van der Waals surface area contributed by atoms with E-state index in [1.165, 1.54) is 95.5 Å². The standard InChI is InChI=1S/C28H46O2/c1-3-4-5-6-7-8-9-10-11-12-13-14-15-16-17-18-21-26-22-19-20-23-27(26)29-24-28(2)25-30-28/h13-14,19-20,22-23H,3-12,15-18,21,24-25H2,1-2H3/b14-13+. The fraction of sp³-hybridized carbons (Fsp3) is 0.714. The van der Waals surface area contributed by atoms with Gasteiger partial charge >= 0.3 is 0 Å². The molecule has 1 unspecified atom stereocenters. The van der Waals surface area contributed by atoms with E-state index in [0.29, 0.717) is 6.61 Å². The maximum absolute atomic E-state index is 6.01. The van der Waals surface area contributed by atoms with E-state index < -0.39 is 0 Å². The maximum atomic E-state index is 6.01. The molecule has 0 saturated carbocycles. The number of aryl methyl sites for hydroxylation is 1. The number of hydrogen-bond acceptors (Lipinski definition) is 2. The number of benzene rings is 1. The van der Waals surface area contributed by atoms with Crippen LogP contribution in [0, 0.1) is 0 Å². The Morgan fingerprint density at radius 1 is 0.833 bits per heavy atom. The first kappa shape index (κ1) is 25.0. The number of rotatable bonds is 19. The Hall–Kier alpha value is -1.28. The van der Waals surface area contributed by atoms with Crippen molar-refractivity contribution in [2.45, 2.75) is 116 Å². The first-order valence-corrected chi connectivity index (χ1v) is 12.7. The van der Waals surface area contributed by atoms with E-state index in [0.717, 1.165) is 18.8 Å². The zero-order valence-corrected chi connectivity index (χ0v) is 19.8. The molecular formula is C28H46O2. The smallest absolute Gasteiger partial charge is 0.123 e. The Morgan fingerprint density at radius 2 is 1.40 bits per heavy atom. The molecule has 2 nitrogen and oxygen atoms in total. The molecule has 0 radical (unpaired) electrons. The molecule has 1 fully saturated rings. The van der Waals surface area contributed by atoms with E-state index in [4.69, 9.17) is 9.47 Å². The molecule has 1 heterocycles. The monoisotopic (exact) mass is 414 g/mol. The van der Waals surface area contributed by atoms with Crippen LogP contribution in [0.15, 0.2) is 36.4 Å². The molecule has 1 aromatic rings. The second kappa shape index (κ2) is 15.5. The molecule has 0 bridgehead atoms. The number of hydrogen-bond donors (Lipinski definition) is 0. The summed E-state index contributed by atoms with van der Waals surface area (Å²) in [7, 11) is 0. The normalized spacial score (nSPS) is 18.2. The number of epoxide rings is 1. The van der Waals surface area contributed by atoms with Crippen molar-refractivity contribution in [2.24, 2.45) is 0 Å². The van der Waals surface area contributed by atoms with Crippen LogP contribution in [0.2, 0.25) is 0 Å². The molecule has 0 aliphatic carbocycles. The Kier molecular flexibility index (Phi) is 12.9. The van der Waals surface area contributed by atoms with Crippen LogP contribution in [0.1, 0.15) is 109 Å². The molecular weight excluding hydrogens is 368 g/mol. The lowest BCUT2D eigenvalue weighted by molar-refractivity contribution is 0.201. The third kappa shape index (κ3) is 11.8. The highest BCUT2D eigenvalue weighted by atomic mass is 16.6. The van der Waals surface area contributed by atoms with Gasteiger partial charge in [-0.2, -0.15) is 0 Å². The molecule has 2 heteroatoms. The van der Waals surface area contributed by atoms with Crippen LogP contribution < -0.4 is 4.74 Å². The number of para-hydroxylation sites is 1. The third-order valence-corrected chi connectivity index (χ3v) is 6.10. The minimum absolute atomic E-state index is 0.0479. The van der Waals surface area contributed by atoms with Gasteiger partial charge in [-0.3, -0.25) is 0 Å². The number of unbranched alkanes of at least 4 members (excludes halogenated alkanes) is 12. The van der Waals surface area contributed by atoms with Gasteiger partial charge in [0, 0.05) is 0 Å². The number of allylic oxidation sites excluding steroid dienone is 2. The van der Waals surface area contributed by atoms with E-state index >= 15 is 0 Å². The summed E-state index contributed by atoms with van der Waals surface area (Å²) < 4.78 is 11.4. The van der Waals surface area contributed by atoms with Gasteiger partial charge in [-0.05, 0) is 57.1 Å². The fourth-order valence-electron chi connectivity index (χ4n) is 3.85. The predicted octanol–water partition coefficient (Wildman–Crippen LogP) is 8.43. The highest BCUT2D eigenvalue weighted by Gasteiger charge is 2.40. The molecule has 0 amide bonds. The summed E-state index contributed by atoms with van der Waals surface area (Å²) in [6, 6.07) is 8.48. The van der Waals surface area contributed by atoms with E-state index in [9.17, 15) is 0 Å². The van der Waals surface area contributed by atoms with Gasteiger partial charge < -0.3 is 9.47 Å². The lowest BCUT2D eigenvalue weighted by atomic mass is 10.0. The summed E-state index contributed by atoms with van der Waals surface area (Å²) in [4.78, 5) is 0. The lowest BCUT2D eigenvalue weighted by Crippen LogP contribution is -2.17. The van der Waals surface area contributed by atoms with Crippen molar-refractivity contribution in [2.75, 3.05) is 13.2 Å². The lowest BCUT2D eigenvalue weighted by Gasteiger charge is -2.13. The van der Waals surface area contributed by atoms with Crippen LogP contribution in [0.25, 0.3) is 0 Å². The molecule has 1 saturated heterocycles. The maximum Gasteiger partial charge on any atom is 0.123 e. The van der Waals surface area contributed by atoms with Gasteiger partial charge in [-0.1, -0.05) is 95.1 Å². The minimum atomic E-state index is -0.0479. The fourth-order valence-corrected chi connectivity index (χ4v) is 3.85. The average molecular weight is 415 g/mol. The molecule has 1 aliphatic rings. The molecule has 0 N–H and O–H groups in total. The van der Waals surface area contributed by atoms with Crippen molar-refractivity contribution in [3.63, 3.8) is 0 Å². The second-order valence-electron chi connectivity index (χ2n) is 9.32. The van der Waals surface area contributed by atoms with Gasteiger partial charge in [0.2, 0.25) is 0 Å². The summed E-state index contributed by atoms with van der Waals surface area (Å²) in [5.41, 5.74) is 1.29. The average Bonchev–Trinajstić information content (AvgIpc) is 3.50. The van der Waals surface area contributed by atoms with Crippen LogP contribution in [-0.2, 0) is 11.2 Å². The quantitative estimate of drug-likeness (QED) is 0.129. The van der Waals surface area contributed by atoms with Crippen molar-refractivity contribution >= 4 is 0 Å². The Morgan fingerprint density at radius 3 is 2.03 bits per heavy atom. The van der Waals surface area contributed by atoms with Gasteiger partial charge in [0.1, 0.15) is 18.0 Å². The number of ether oxygens (including phenoxy) is 2. The van der Waals surface area contributed by atoms with E-state index in [2.05, 4.69) is 50.3 Å². The van der Waals surface area contributed by atoms with Gasteiger partial charge in [-0.15, -0.1) is 0 Å². The molecule has 1 aliphatic heterocycles. The van der Waals surface area contributed by atoms with Gasteiger partial charge in [0.15, 0.2) is 0 Å². The summed E-state index contributed by atoms with van der Waals surface area (Å²) in [5, 5.41) is 0. The first-order valence-electron chi connectivity index (χ1n) is 12.7. The van der Waals surface area contributed by atoms with Crippen LogP contribution in [0.5, 0.6) is 5.75 Å². The van der Waals surface area contributed by atoms with Gasteiger partial charge in [0.25, 0.3) is 0 Å². The Bertz CT molecular complexity index is 574. The van der Waals surface area contributed by atoms with Gasteiger partial charge in [0.05, 0.1) is 6.61 Å². The van der Waals surface area contributed by atoms with Crippen molar-refractivity contribution in [3.05, 3.63) is 42.0 Å². The summed E-state index contributed by atoms with van der Waals surface area (Å²) in [6.45, 7) is 5.88. The Balaban J connectivity index is 1.41. The first-order chi connectivity index (χ1) is 14.7. The van der Waals surface area contributed by atoms with Crippen LogP contribution in [-0.4, -0.2) is 18.8 Å². The minimum Gasteiger partial charge on any atom is -0.490 e.